The number of anilines is 1. The number of hydrogen-bond acceptors (Lipinski definition) is 9. The summed E-state index contributed by atoms with van der Waals surface area (Å²) in [6, 6.07) is 6.25. The van der Waals surface area contributed by atoms with Crippen molar-refractivity contribution in [2.24, 2.45) is 0 Å². The van der Waals surface area contributed by atoms with Crippen molar-refractivity contribution < 1.29 is 14.1 Å². The van der Waals surface area contributed by atoms with E-state index in [1.165, 1.54) is 34.8 Å². The Morgan fingerprint density at radius 3 is 2.56 bits per heavy atom. The van der Waals surface area contributed by atoms with Crippen molar-refractivity contribution in [3.05, 3.63) is 43.6 Å². The number of thiophene rings is 1. The molecule has 9 nitrogen and oxygen atoms in total. The summed E-state index contributed by atoms with van der Waals surface area (Å²) in [6.45, 7) is 2.38. The van der Waals surface area contributed by atoms with Crippen LogP contribution in [0.2, 0.25) is 4.34 Å². The minimum absolute atomic E-state index is 0.0209. The van der Waals surface area contributed by atoms with Crippen molar-refractivity contribution in [2.75, 3.05) is 31.1 Å². The van der Waals surface area contributed by atoms with E-state index in [9.17, 15) is 14.9 Å². The van der Waals surface area contributed by atoms with Gasteiger partial charge in [-0.1, -0.05) is 22.9 Å². The second-order valence-electron chi connectivity index (χ2n) is 5.67. The number of nitro groups is 1. The zero-order valence-electron chi connectivity index (χ0n) is 13.7. The smallest absolute Gasteiger partial charge is 0.398 e. The van der Waals surface area contributed by atoms with Crippen LogP contribution in [-0.2, 0) is 0 Å². The third-order valence-electron chi connectivity index (χ3n) is 4.02. The molecule has 0 spiro atoms. The van der Waals surface area contributed by atoms with Gasteiger partial charge in [-0.25, -0.2) is 0 Å². The van der Waals surface area contributed by atoms with Crippen molar-refractivity contribution in [3.63, 3.8) is 0 Å². The summed E-state index contributed by atoms with van der Waals surface area (Å²) in [4.78, 5) is 27.0. The number of amides is 1. The second-order valence-corrected chi connectivity index (χ2v) is 8.34. The van der Waals surface area contributed by atoms with Crippen LogP contribution in [-0.4, -0.2) is 52.1 Å². The number of furan rings is 1. The first-order valence-corrected chi connectivity index (χ1v) is 9.90. The van der Waals surface area contributed by atoms with Gasteiger partial charge < -0.3 is 14.2 Å². The average molecular weight is 426 g/mol. The zero-order chi connectivity index (χ0) is 19.0. The van der Waals surface area contributed by atoms with Gasteiger partial charge in [-0.2, -0.15) is 0 Å². The van der Waals surface area contributed by atoms with Gasteiger partial charge >= 0.3 is 5.88 Å². The first-order valence-electron chi connectivity index (χ1n) is 7.89. The first-order chi connectivity index (χ1) is 13.0. The Morgan fingerprint density at radius 2 is 1.93 bits per heavy atom. The van der Waals surface area contributed by atoms with Crippen LogP contribution in [0.4, 0.5) is 11.0 Å². The Hall–Kier alpha value is -2.50. The highest BCUT2D eigenvalue weighted by Gasteiger charge is 2.25. The summed E-state index contributed by atoms with van der Waals surface area (Å²) >= 11 is 8.47. The van der Waals surface area contributed by atoms with E-state index in [4.69, 9.17) is 16.0 Å². The quantitative estimate of drug-likeness (QED) is 0.466. The molecule has 0 bridgehead atoms. The van der Waals surface area contributed by atoms with Gasteiger partial charge in [0.2, 0.25) is 5.13 Å². The number of rotatable bonds is 4. The van der Waals surface area contributed by atoms with Crippen LogP contribution >= 0.6 is 34.3 Å². The van der Waals surface area contributed by atoms with Crippen molar-refractivity contribution >= 4 is 51.2 Å². The van der Waals surface area contributed by atoms with Crippen LogP contribution in [0, 0.1) is 10.1 Å². The van der Waals surface area contributed by atoms with Gasteiger partial charge in [-0.3, -0.25) is 14.9 Å². The van der Waals surface area contributed by atoms with Gasteiger partial charge in [0.1, 0.15) is 4.92 Å². The van der Waals surface area contributed by atoms with Gasteiger partial charge in [0.05, 0.1) is 15.3 Å². The summed E-state index contributed by atoms with van der Waals surface area (Å²) in [5.41, 5.74) is 0. The normalized spacial score (nSPS) is 14.6. The topological polar surface area (TPSA) is 106 Å². The van der Waals surface area contributed by atoms with Crippen molar-refractivity contribution in [3.8, 4) is 10.8 Å². The Morgan fingerprint density at radius 1 is 1.15 bits per heavy atom. The van der Waals surface area contributed by atoms with Crippen LogP contribution < -0.4 is 4.90 Å². The van der Waals surface area contributed by atoms with Crippen molar-refractivity contribution in [1.29, 1.82) is 0 Å². The van der Waals surface area contributed by atoms with E-state index in [-0.39, 0.29) is 11.8 Å². The van der Waals surface area contributed by atoms with Gasteiger partial charge in [0.15, 0.2) is 10.8 Å². The molecule has 0 radical (unpaired) electrons. The number of piperazine rings is 1. The first kappa shape index (κ1) is 17.9. The maximum absolute atomic E-state index is 12.5. The molecule has 0 unspecified atom stereocenters. The lowest BCUT2D eigenvalue weighted by molar-refractivity contribution is -0.401. The fraction of sp³-hybridized carbons (Fsp3) is 0.267. The molecule has 0 atom stereocenters. The molecule has 0 saturated carbocycles. The molecule has 3 aromatic heterocycles. The Bertz CT molecular complexity index is 992. The number of halogens is 1. The van der Waals surface area contributed by atoms with Gasteiger partial charge in [0, 0.05) is 26.2 Å². The summed E-state index contributed by atoms with van der Waals surface area (Å²) < 4.78 is 5.75. The third kappa shape index (κ3) is 3.66. The lowest BCUT2D eigenvalue weighted by atomic mass is 10.3. The number of nitrogens with zero attached hydrogens (tertiary/aromatic N) is 5. The minimum Gasteiger partial charge on any atom is -0.398 e. The highest BCUT2D eigenvalue weighted by molar-refractivity contribution is 7.18. The van der Waals surface area contributed by atoms with E-state index in [0.717, 1.165) is 0 Å². The highest BCUT2D eigenvalue weighted by Crippen LogP contribution is 2.32. The van der Waals surface area contributed by atoms with Crippen molar-refractivity contribution in [2.45, 2.75) is 0 Å². The number of aromatic nitrogens is 2. The standard InChI is InChI=1S/C15H12ClN5O4S2/c16-11-3-2-10(26-11)14(22)19-5-7-20(8-6-19)15-18-17-13(27-15)9-1-4-12(25-9)21(23)24/h1-4H,5-8H2. The molecule has 1 aliphatic heterocycles. The van der Waals surface area contributed by atoms with Gasteiger partial charge in [-0.15, -0.1) is 21.5 Å². The van der Waals surface area contributed by atoms with Crippen LogP contribution in [0.5, 0.6) is 0 Å². The molecule has 0 aliphatic carbocycles. The molecule has 1 aliphatic rings. The molecule has 0 N–H and O–H groups in total. The molecule has 4 rings (SSSR count). The monoisotopic (exact) mass is 425 g/mol. The fourth-order valence-corrected chi connectivity index (χ4v) is 4.54. The highest BCUT2D eigenvalue weighted by atomic mass is 35.5. The molecule has 3 aromatic rings. The van der Waals surface area contributed by atoms with E-state index >= 15 is 0 Å². The maximum atomic E-state index is 12.5. The lowest BCUT2D eigenvalue weighted by Gasteiger charge is -2.34. The molecule has 0 aromatic carbocycles. The number of hydrogen-bond donors (Lipinski definition) is 0. The third-order valence-corrected chi connectivity index (χ3v) is 6.24. The van der Waals surface area contributed by atoms with E-state index in [1.54, 1.807) is 17.0 Å². The van der Waals surface area contributed by atoms with Gasteiger partial charge in [0.25, 0.3) is 5.91 Å². The Balaban J connectivity index is 1.40. The largest absolute Gasteiger partial charge is 0.433 e. The molecule has 27 heavy (non-hydrogen) atoms. The molecular weight excluding hydrogens is 414 g/mol. The number of carbonyl (C=O) groups excluding carboxylic acids is 1. The van der Waals surface area contributed by atoms with E-state index in [2.05, 4.69) is 10.2 Å². The van der Waals surface area contributed by atoms with Gasteiger partial charge in [-0.05, 0) is 18.2 Å². The number of carbonyl (C=O) groups is 1. The summed E-state index contributed by atoms with van der Waals surface area (Å²) in [6.07, 6.45) is 0. The Kier molecular flexibility index (Phi) is 4.81. The van der Waals surface area contributed by atoms with Crippen LogP contribution in [0.3, 0.4) is 0 Å². The second kappa shape index (κ2) is 7.25. The molecule has 12 heteroatoms. The van der Waals surface area contributed by atoms with Crippen LogP contribution in [0.1, 0.15) is 9.67 Å². The zero-order valence-corrected chi connectivity index (χ0v) is 16.1. The summed E-state index contributed by atoms with van der Waals surface area (Å²) in [5.74, 6) is -0.0382. The van der Waals surface area contributed by atoms with E-state index in [0.29, 0.717) is 51.3 Å². The molecule has 140 valence electrons. The van der Waals surface area contributed by atoms with E-state index < -0.39 is 4.92 Å². The predicted molar refractivity (Wildman–Crippen MR) is 102 cm³/mol. The minimum atomic E-state index is -0.595. The summed E-state index contributed by atoms with van der Waals surface area (Å²) in [5, 5.41) is 20.1. The predicted octanol–water partition coefficient (Wildman–Crippen LogP) is 3.38. The summed E-state index contributed by atoms with van der Waals surface area (Å²) in [7, 11) is 0. The van der Waals surface area contributed by atoms with Crippen molar-refractivity contribution in [1.82, 2.24) is 15.1 Å². The van der Waals surface area contributed by atoms with Crippen LogP contribution in [0.15, 0.2) is 28.7 Å². The Labute approximate surface area is 165 Å². The molecular formula is C15H12ClN5O4S2. The van der Waals surface area contributed by atoms with E-state index in [1.807, 2.05) is 4.90 Å². The lowest BCUT2D eigenvalue weighted by Crippen LogP contribution is -2.48. The van der Waals surface area contributed by atoms with Crippen LogP contribution in [0.25, 0.3) is 10.8 Å². The average Bonchev–Trinajstić information content (AvgIpc) is 3.41. The molecule has 4 heterocycles. The molecule has 1 fully saturated rings. The SMILES string of the molecule is O=C(c1ccc(Cl)s1)N1CCN(c2nnc(-c3ccc([N+](=O)[O-])o3)s2)CC1. The molecule has 1 amide bonds. The fourth-order valence-electron chi connectivity index (χ4n) is 2.67. The molecule has 1 saturated heterocycles. The maximum Gasteiger partial charge on any atom is 0.433 e.